The Kier molecular flexibility index (Phi) is 5.68. The molecule has 2 aliphatic carbocycles. The molecule has 0 aliphatic heterocycles. The van der Waals surface area contributed by atoms with Gasteiger partial charge in [0.05, 0.1) is 13.0 Å². The van der Waals surface area contributed by atoms with Crippen LogP contribution in [-0.2, 0) is 9.53 Å². The number of hydrogen-bond acceptors (Lipinski definition) is 3. The molecule has 0 atom stereocenters. The average Bonchev–Trinajstić information content (AvgIpc) is 2.47. The van der Waals surface area contributed by atoms with Crippen molar-refractivity contribution in [2.45, 2.75) is 76.2 Å². The van der Waals surface area contributed by atoms with Crippen LogP contribution >= 0.6 is 0 Å². The van der Waals surface area contributed by atoms with E-state index in [2.05, 4.69) is 5.32 Å². The van der Waals surface area contributed by atoms with Crippen LogP contribution in [0.3, 0.4) is 0 Å². The van der Waals surface area contributed by atoms with E-state index >= 15 is 0 Å². The molecule has 0 spiro atoms. The molecule has 0 saturated heterocycles. The highest BCUT2D eigenvalue weighted by Crippen LogP contribution is 2.31. The first-order valence-corrected chi connectivity index (χ1v) is 8.09. The standard InChI is InChI=1S/C16H29NO2/c1-17-16(10-6-3-7-11-16)12-15(18)19-13-14-8-4-2-5-9-14/h14,17H,2-13H2,1H3. The van der Waals surface area contributed by atoms with Gasteiger partial charge in [-0.1, -0.05) is 38.5 Å². The van der Waals surface area contributed by atoms with Crippen molar-refractivity contribution in [3.8, 4) is 0 Å². The van der Waals surface area contributed by atoms with Gasteiger partial charge in [-0.2, -0.15) is 0 Å². The molecule has 3 heteroatoms. The molecule has 0 unspecified atom stereocenters. The number of carbonyl (C=O) groups excluding carboxylic acids is 1. The number of ether oxygens (including phenoxy) is 1. The summed E-state index contributed by atoms with van der Waals surface area (Å²) in [7, 11) is 1.99. The smallest absolute Gasteiger partial charge is 0.307 e. The summed E-state index contributed by atoms with van der Waals surface area (Å²) in [5, 5.41) is 3.39. The van der Waals surface area contributed by atoms with Gasteiger partial charge in [0.15, 0.2) is 0 Å². The van der Waals surface area contributed by atoms with Gasteiger partial charge in [-0.15, -0.1) is 0 Å². The molecule has 19 heavy (non-hydrogen) atoms. The molecule has 0 heterocycles. The Balaban J connectivity index is 1.72. The van der Waals surface area contributed by atoms with Gasteiger partial charge < -0.3 is 10.1 Å². The number of rotatable bonds is 5. The summed E-state index contributed by atoms with van der Waals surface area (Å²) >= 11 is 0. The molecule has 3 nitrogen and oxygen atoms in total. The molecule has 0 aromatic heterocycles. The van der Waals surface area contributed by atoms with Crippen LogP contribution in [0.5, 0.6) is 0 Å². The first-order valence-electron chi connectivity index (χ1n) is 8.09. The van der Waals surface area contributed by atoms with Crippen LogP contribution in [0.15, 0.2) is 0 Å². The van der Waals surface area contributed by atoms with E-state index in [4.69, 9.17) is 4.74 Å². The van der Waals surface area contributed by atoms with Crippen LogP contribution in [0.4, 0.5) is 0 Å². The zero-order chi connectivity index (χ0) is 13.6. The minimum Gasteiger partial charge on any atom is -0.465 e. The van der Waals surface area contributed by atoms with Gasteiger partial charge in [0, 0.05) is 5.54 Å². The van der Waals surface area contributed by atoms with E-state index in [1.807, 2.05) is 7.05 Å². The Bertz CT molecular complexity index is 278. The lowest BCUT2D eigenvalue weighted by atomic mass is 9.79. The highest BCUT2D eigenvalue weighted by molar-refractivity contribution is 5.71. The fraction of sp³-hybridized carbons (Fsp3) is 0.938. The van der Waals surface area contributed by atoms with Crippen LogP contribution in [0.25, 0.3) is 0 Å². The Labute approximate surface area is 117 Å². The summed E-state index contributed by atoms with van der Waals surface area (Å²) in [6.45, 7) is 0.651. The van der Waals surface area contributed by atoms with E-state index in [1.54, 1.807) is 0 Å². The molecule has 1 N–H and O–H groups in total. The molecule has 2 saturated carbocycles. The summed E-state index contributed by atoms with van der Waals surface area (Å²) < 4.78 is 5.53. The molecule has 0 radical (unpaired) electrons. The average molecular weight is 267 g/mol. The highest BCUT2D eigenvalue weighted by Gasteiger charge is 2.33. The third kappa shape index (κ3) is 4.48. The number of nitrogens with one attached hydrogen (secondary N) is 1. The summed E-state index contributed by atoms with van der Waals surface area (Å²) in [6, 6.07) is 0. The van der Waals surface area contributed by atoms with Crippen molar-refractivity contribution in [2.75, 3.05) is 13.7 Å². The second kappa shape index (κ2) is 7.28. The number of esters is 1. The van der Waals surface area contributed by atoms with Crippen molar-refractivity contribution in [3.63, 3.8) is 0 Å². The molecule has 0 amide bonds. The molecule has 0 aromatic carbocycles. The highest BCUT2D eigenvalue weighted by atomic mass is 16.5. The fourth-order valence-corrected chi connectivity index (χ4v) is 3.64. The van der Waals surface area contributed by atoms with Crippen LogP contribution in [0.1, 0.15) is 70.6 Å². The summed E-state index contributed by atoms with van der Waals surface area (Å²) in [4.78, 5) is 12.1. The zero-order valence-electron chi connectivity index (χ0n) is 12.4. The van der Waals surface area contributed by atoms with Gasteiger partial charge in [0.1, 0.15) is 0 Å². The first kappa shape index (κ1) is 14.8. The third-order valence-corrected chi connectivity index (χ3v) is 5.03. The summed E-state index contributed by atoms with van der Waals surface area (Å²) in [5.74, 6) is 0.622. The zero-order valence-corrected chi connectivity index (χ0v) is 12.4. The summed E-state index contributed by atoms with van der Waals surface area (Å²) in [6.07, 6.45) is 13.0. The van der Waals surface area contributed by atoms with Gasteiger partial charge in [0.25, 0.3) is 0 Å². The van der Waals surface area contributed by atoms with Gasteiger partial charge in [-0.3, -0.25) is 4.79 Å². The quantitative estimate of drug-likeness (QED) is 0.776. The van der Waals surface area contributed by atoms with Crippen molar-refractivity contribution in [3.05, 3.63) is 0 Å². The molecule has 110 valence electrons. The molecule has 2 aliphatic rings. The number of hydrogen-bond donors (Lipinski definition) is 1. The van der Waals surface area contributed by atoms with Gasteiger partial charge >= 0.3 is 5.97 Å². The van der Waals surface area contributed by atoms with E-state index in [9.17, 15) is 4.79 Å². The maximum Gasteiger partial charge on any atom is 0.307 e. The van der Waals surface area contributed by atoms with Crippen LogP contribution in [-0.4, -0.2) is 25.2 Å². The SMILES string of the molecule is CNC1(CC(=O)OCC2CCCCC2)CCCCC1. The Morgan fingerprint density at radius 1 is 1.11 bits per heavy atom. The second-order valence-corrected chi connectivity index (χ2v) is 6.45. The monoisotopic (exact) mass is 267 g/mol. The van der Waals surface area contributed by atoms with Crippen LogP contribution < -0.4 is 5.32 Å². The Morgan fingerprint density at radius 2 is 1.74 bits per heavy atom. The normalized spacial score (nSPS) is 24.1. The van der Waals surface area contributed by atoms with Gasteiger partial charge in [-0.05, 0) is 38.6 Å². The minimum atomic E-state index is 0.00169. The first-order chi connectivity index (χ1) is 9.24. The van der Waals surface area contributed by atoms with Crippen molar-refractivity contribution >= 4 is 5.97 Å². The topological polar surface area (TPSA) is 38.3 Å². The largest absolute Gasteiger partial charge is 0.465 e. The van der Waals surface area contributed by atoms with Crippen LogP contribution in [0, 0.1) is 5.92 Å². The molecule has 0 aromatic rings. The molecule has 2 fully saturated rings. The van der Waals surface area contributed by atoms with E-state index in [0.717, 1.165) is 12.8 Å². The molecule has 0 bridgehead atoms. The van der Waals surface area contributed by atoms with E-state index < -0.39 is 0 Å². The van der Waals surface area contributed by atoms with Crippen molar-refractivity contribution in [2.24, 2.45) is 5.92 Å². The van der Waals surface area contributed by atoms with Gasteiger partial charge in [-0.25, -0.2) is 0 Å². The maximum absolute atomic E-state index is 12.1. The van der Waals surface area contributed by atoms with E-state index in [1.165, 1.54) is 51.4 Å². The van der Waals surface area contributed by atoms with Crippen molar-refractivity contribution < 1.29 is 9.53 Å². The lowest BCUT2D eigenvalue weighted by Gasteiger charge is -2.36. The second-order valence-electron chi connectivity index (χ2n) is 6.45. The lowest BCUT2D eigenvalue weighted by Crippen LogP contribution is -2.46. The summed E-state index contributed by atoms with van der Waals surface area (Å²) in [5.41, 5.74) is 0.0158. The van der Waals surface area contributed by atoms with Gasteiger partial charge in [0.2, 0.25) is 0 Å². The van der Waals surface area contributed by atoms with Crippen molar-refractivity contribution in [1.29, 1.82) is 0 Å². The van der Waals surface area contributed by atoms with E-state index in [0.29, 0.717) is 18.9 Å². The molecular weight excluding hydrogens is 238 g/mol. The van der Waals surface area contributed by atoms with E-state index in [-0.39, 0.29) is 11.5 Å². The number of carbonyl (C=O) groups is 1. The van der Waals surface area contributed by atoms with Crippen LogP contribution in [0.2, 0.25) is 0 Å². The Morgan fingerprint density at radius 3 is 2.37 bits per heavy atom. The predicted molar refractivity (Wildman–Crippen MR) is 77.0 cm³/mol. The third-order valence-electron chi connectivity index (χ3n) is 5.03. The molecule has 2 rings (SSSR count). The maximum atomic E-state index is 12.1. The fourth-order valence-electron chi connectivity index (χ4n) is 3.64. The minimum absolute atomic E-state index is 0.00169. The predicted octanol–water partition coefficient (Wildman–Crippen LogP) is 3.42. The molecular formula is C16H29NO2. The lowest BCUT2D eigenvalue weighted by molar-refractivity contribution is -0.147. The van der Waals surface area contributed by atoms with Crippen molar-refractivity contribution in [1.82, 2.24) is 5.32 Å². The Hall–Kier alpha value is -0.570.